The lowest BCUT2D eigenvalue weighted by Crippen LogP contribution is -2.41. The molecule has 1 aromatic rings. The van der Waals surface area contributed by atoms with Crippen LogP contribution in [0.15, 0.2) is 10.7 Å². The SMILES string of the molecule is CC(C)(C)c1nc(Br)cc(N2CCCC(C(N)=O)C2)n1. The first-order valence-corrected chi connectivity index (χ1v) is 7.66. The molecule has 1 saturated heterocycles. The van der Waals surface area contributed by atoms with Crippen LogP contribution in [0.3, 0.4) is 0 Å². The van der Waals surface area contributed by atoms with E-state index in [1.165, 1.54) is 0 Å². The number of hydrogen-bond acceptors (Lipinski definition) is 4. The Hall–Kier alpha value is -1.17. The zero-order chi connectivity index (χ0) is 14.9. The average Bonchev–Trinajstić information content (AvgIpc) is 2.37. The van der Waals surface area contributed by atoms with Crippen LogP contribution in [0.25, 0.3) is 0 Å². The molecule has 2 N–H and O–H groups in total. The zero-order valence-corrected chi connectivity index (χ0v) is 13.8. The van der Waals surface area contributed by atoms with Crippen LogP contribution in [-0.2, 0) is 10.2 Å². The summed E-state index contributed by atoms with van der Waals surface area (Å²) in [6.07, 6.45) is 1.82. The summed E-state index contributed by atoms with van der Waals surface area (Å²) in [5.41, 5.74) is 5.32. The van der Waals surface area contributed by atoms with Crippen LogP contribution < -0.4 is 10.6 Å². The highest BCUT2D eigenvalue weighted by molar-refractivity contribution is 9.10. The van der Waals surface area contributed by atoms with Crippen LogP contribution in [-0.4, -0.2) is 29.0 Å². The van der Waals surface area contributed by atoms with E-state index in [9.17, 15) is 4.79 Å². The van der Waals surface area contributed by atoms with Gasteiger partial charge in [0.25, 0.3) is 0 Å². The molecule has 0 spiro atoms. The van der Waals surface area contributed by atoms with Gasteiger partial charge in [-0.15, -0.1) is 0 Å². The molecular weight excluding hydrogens is 320 g/mol. The highest BCUT2D eigenvalue weighted by Crippen LogP contribution is 2.27. The number of amides is 1. The number of carbonyl (C=O) groups is 1. The highest BCUT2D eigenvalue weighted by atomic mass is 79.9. The number of hydrogen-bond donors (Lipinski definition) is 1. The van der Waals surface area contributed by atoms with E-state index < -0.39 is 0 Å². The van der Waals surface area contributed by atoms with E-state index in [4.69, 9.17) is 5.73 Å². The van der Waals surface area contributed by atoms with Gasteiger partial charge in [-0.3, -0.25) is 4.79 Å². The Kier molecular flexibility index (Phi) is 4.32. The zero-order valence-electron chi connectivity index (χ0n) is 12.2. The Morgan fingerprint density at radius 3 is 2.75 bits per heavy atom. The van der Waals surface area contributed by atoms with Crippen molar-refractivity contribution < 1.29 is 4.79 Å². The lowest BCUT2D eigenvalue weighted by atomic mass is 9.95. The maximum atomic E-state index is 11.4. The van der Waals surface area contributed by atoms with Crippen LogP contribution in [0.4, 0.5) is 5.82 Å². The minimum Gasteiger partial charge on any atom is -0.369 e. The van der Waals surface area contributed by atoms with E-state index in [1.807, 2.05) is 6.07 Å². The molecule has 2 heterocycles. The predicted molar refractivity (Wildman–Crippen MR) is 82.6 cm³/mol. The van der Waals surface area contributed by atoms with Gasteiger partial charge >= 0.3 is 0 Å². The third-order valence-corrected chi connectivity index (χ3v) is 3.91. The quantitative estimate of drug-likeness (QED) is 0.838. The summed E-state index contributed by atoms with van der Waals surface area (Å²) in [5, 5.41) is 0. The molecular formula is C14H21BrN4O. The topological polar surface area (TPSA) is 72.1 Å². The van der Waals surface area contributed by atoms with Crippen molar-refractivity contribution in [2.75, 3.05) is 18.0 Å². The van der Waals surface area contributed by atoms with Gasteiger partial charge in [0, 0.05) is 24.6 Å². The van der Waals surface area contributed by atoms with Gasteiger partial charge in [-0.05, 0) is 28.8 Å². The fourth-order valence-corrected chi connectivity index (χ4v) is 2.69. The Morgan fingerprint density at radius 1 is 1.45 bits per heavy atom. The largest absolute Gasteiger partial charge is 0.369 e. The Morgan fingerprint density at radius 2 is 2.15 bits per heavy atom. The van der Waals surface area contributed by atoms with E-state index in [-0.39, 0.29) is 17.2 Å². The van der Waals surface area contributed by atoms with Gasteiger partial charge in [0.05, 0.1) is 5.92 Å². The lowest BCUT2D eigenvalue weighted by Gasteiger charge is -2.32. The Labute approximate surface area is 128 Å². The maximum absolute atomic E-state index is 11.4. The average molecular weight is 341 g/mol. The minimum atomic E-state index is -0.223. The van der Waals surface area contributed by atoms with Crippen molar-refractivity contribution in [3.8, 4) is 0 Å². The molecule has 6 heteroatoms. The molecule has 0 radical (unpaired) electrons. The molecule has 0 aliphatic carbocycles. The molecule has 1 aromatic heterocycles. The normalized spacial score (nSPS) is 20.0. The fraction of sp³-hybridized carbons (Fsp3) is 0.643. The standard InChI is InChI=1S/C14H21BrN4O/c1-14(2,3)13-17-10(15)7-11(18-13)19-6-4-5-9(8-19)12(16)20/h7,9H,4-6,8H2,1-3H3,(H2,16,20). The summed E-state index contributed by atoms with van der Waals surface area (Å²) >= 11 is 3.45. The summed E-state index contributed by atoms with van der Waals surface area (Å²) in [6.45, 7) is 7.79. The van der Waals surface area contributed by atoms with Crippen LogP contribution in [0.1, 0.15) is 39.4 Å². The molecule has 2 rings (SSSR count). The number of rotatable bonds is 2. The van der Waals surface area contributed by atoms with Crippen molar-refractivity contribution in [2.24, 2.45) is 11.7 Å². The second kappa shape index (κ2) is 5.68. The maximum Gasteiger partial charge on any atom is 0.222 e. The summed E-state index contributed by atoms with van der Waals surface area (Å²) < 4.78 is 0.772. The molecule has 0 bridgehead atoms. The number of primary amides is 1. The molecule has 0 saturated carbocycles. The van der Waals surface area contributed by atoms with Gasteiger partial charge in [-0.25, -0.2) is 9.97 Å². The molecule has 1 fully saturated rings. The van der Waals surface area contributed by atoms with Crippen molar-refractivity contribution in [1.29, 1.82) is 0 Å². The van der Waals surface area contributed by atoms with Crippen LogP contribution >= 0.6 is 15.9 Å². The molecule has 110 valence electrons. The van der Waals surface area contributed by atoms with E-state index in [0.717, 1.165) is 35.6 Å². The number of aromatic nitrogens is 2. The van der Waals surface area contributed by atoms with Crippen LogP contribution in [0.5, 0.6) is 0 Å². The molecule has 1 aliphatic rings. The summed E-state index contributed by atoms with van der Waals surface area (Å²) in [7, 11) is 0. The van der Waals surface area contributed by atoms with Gasteiger partial charge in [-0.2, -0.15) is 0 Å². The molecule has 1 atom stereocenters. The number of piperidine rings is 1. The lowest BCUT2D eigenvalue weighted by molar-refractivity contribution is -0.122. The number of nitrogens with two attached hydrogens (primary N) is 1. The van der Waals surface area contributed by atoms with Crippen LogP contribution in [0, 0.1) is 5.92 Å². The Bertz CT molecular complexity index is 512. The number of anilines is 1. The summed E-state index contributed by atoms with van der Waals surface area (Å²) in [4.78, 5) is 22.6. The van der Waals surface area contributed by atoms with Gasteiger partial charge in [-0.1, -0.05) is 20.8 Å². The van der Waals surface area contributed by atoms with E-state index in [0.29, 0.717) is 6.54 Å². The first-order chi connectivity index (χ1) is 9.27. The number of halogens is 1. The minimum absolute atomic E-state index is 0.0874. The third kappa shape index (κ3) is 3.48. The summed E-state index contributed by atoms with van der Waals surface area (Å²) in [6, 6.07) is 1.90. The molecule has 1 unspecified atom stereocenters. The second-order valence-electron chi connectivity index (χ2n) is 6.31. The number of nitrogens with zero attached hydrogens (tertiary/aromatic N) is 3. The third-order valence-electron chi connectivity index (χ3n) is 3.50. The first-order valence-electron chi connectivity index (χ1n) is 6.86. The monoisotopic (exact) mass is 340 g/mol. The fourth-order valence-electron chi connectivity index (χ4n) is 2.32. The van der Waals surface area contributed by atoms with Gasteiger partial charge in [0.15, 0.2) is 0 Å². The van der Waals surface area contributed by atoms with Gasteiger partial charge in [0.2, 0.25) is 5.91 Å². The number of carbonyl (C=O) groups excluding carboxylic acids is 1. The van der Waals surface area contributed by atoms with E-state index >= 15 is 0 Å². The highest BCUT2D eigenvalue weighted by Gasteiger charge is 2.26. The molecule has 1 amide bonds. The van der Waals surface area contributed by atoms with E-state index in [1.54, 1.807) is 0 Å². The molecule has 0 aromatic carbocycles. The smallest absolute Gasteiger partial charge is 0.222 e. The predicted octanol–water partition coefficient (Wildman–Crippen LogP) is 2.24. The Balaban J connectivity index is 2.28. The molecule has 5 nitrogen and oxygen atoms in total. The van der Waals surface area contributed by atoms with Crippen molar-refractivity contribution in [2.45, 2.75) is 39.0 Å². The van der Waals surface area contributed by atoms with E-state index in [2.05, 4.69) is 51.6 Å². The second-order valence-corrected chi connectivity index (χ2v) is 7.12. The van der Waals surface area contributed by atoms with Crippen molar-refractivity contribution >= 4 is 27.7 Å². The van der Waals surface area contributed by atoms with Crippen molar-refractivity contribution in [3.63, 3.8) is 0 Å². The summed E-state index contributed by atoms with van der Waals surface area (Å²) in [5.74, 6) is 1.35. The molecule has 20 heavy (non-hydrogen) atoms. The van der Waals surface area contributed by atoms with Crippen molar-refractivity contribution in [1.82, 2.24) is 9.97 Å². The van der Waals surface area contributed by atoms with Crippen molar-refractivity contribution in [3.05, 3.63) is 16.5 Å². The van der Waals surface area contributed by atoms with Gasteiger partial charge < -0.3 is 10.6 Å². The van der Waals surface area contributed by atoms with Crippen LogP contribution in [0.2, 0.25) is 0 Å². The molecule has 1 aliphatic heterocycles. The first kappa shape index (κ1) is 15.2. The van der Waals surface area contributed by atoms with Gasteiger partial charge in [0.1, 0.15) is 16.2 Å².